The van der Waals surface area contributed by atoms with Gasteiger partial charge in [0.25, 0.3) is 0 Å². The highest BCUT2D eigenvalue weighted by molar-refractivity contribution is 6.18. The van der Waals surface area contributed by atoms with Gasteiger partial charge in [-0.25, -0.2) is 0 Å². The van der Waals surface area contributed by atoms with Crippen molar-refractivity contribution in [3.8, 4) is 22.3 Å². The molecule has 0 bridgehead atoms. The van der Waals surface area contributed by atoms with E-state index in [1.54, 1.807) is 0 Å². The summed E-state index contributed by atoms with van der Waals surface area (Å²) in [6.45, 7) is 0. The van der Waals surface area contributed by atoms with Gasteiger partial charge in [-0.1, -0.05) is 146 Å². The van der Waals surface area contributed by atoms with Crippen LogP contribution in [0.3, 0.4) is 0 Å². The minimum atomic E-state index is 0.850. The van der Waals surface area contributed by atoms with Gasteiger partial charge >= 0.3 is 0 Å². The Bertz CT molecular complexity index is 3200. The summed E-state index contributed by atoms with van der Waals surface area (Å²) in [5, 5.41) is 9.10. The van der Waals surface area contributed by atoms with Crippen molar-refractivity contribution >= 4 is 82.5 Å². The van der Waals surface area contributed by atoms with Crippen LogP contribution in [0.4, 0.5) is 17.1 Å². The SMILES string of the molecule is c1cc(-c2cccc3ccccc23)cc(N(c2ccccc2-c2cccc3c2oc2c4ccccc4ccc32)c2cccc3oc4ccccc4c23)c1. The Kier molecular flexibility index (Phi) is 6.55. The maximum atomic E-state index is 6.90. The summed E-state index contributed by atoms with van der Waals surface area (Å²) < 4.78 is 13.4. The molecule has 0 unspecified atom stereocenters. The summed E-state index contributed by atoms with van der Waals surface area (Å²) in [5.74, 6) is 0. The predicted octanol–water partition coefficient (Wildman–Crippen LogP) is 14.6. The van der Waals surface area contributed by atoms with Crippen molar-refractivity contribution in [3.63, 3.8) is 0 Å². The smallest absolute Gasteiger partial charge is 0.143 e. The number of furan rings is 2. The fraction of sp³-hybridized carbons (Fsp3) is 0. The highest BCUT2D eigenvalue weighted by Crippen LogP contribution is 2.48. The molecular weight excluding hydrogens is 647 g/mol. The number of nitrogens with zero attached hydrogens (tertiary/aromatic N) is 1. The highest BCUT2D eigenvalue weighted by Gasteiger charge is 2.24. The molecule has 0 aliphatic rings. The first kappa shape index (κ1) is 29.6. The van der Waals surface area contributed by atoms with E-state index in [-0.39, 0.29) is 0 Å². The van der Waals surface area contributed by atoms with Crippen LogP contribution in [0, 0.1) is 0 Å². The molecule has 0 aliphatic carbocycles. The van der Waals surface area contributed by atoms with E-state index in [1.807, 2.05) is 12.1 Å². The monoisotopic (exact) mass is 677 g/mol. The first-order valence-electron chi connectivity index (χ1n) is 18.0. The van der Waals surface area contributed by atoms with E-state index in [0.29, 0.717) is 0 Å². The van der Waals surface area contributed by atoms with Crippen LogP contribution in [0.15, 0.2) is 197 Å². The summed E-state index contributed by atoms with van der Waals surface area (Å²) >= 11 is 0. The molecule has 11 aromatic rings. The van der Waals surface area contributed by atoms with E-state index in [9.17, 15) is 0 Å². The van der Waals surface area contributed by atoms with Gasteiger partial charge < -0.3 is 13.7 Å². The quantitative estimate of drug-likeness (QED) is 0.182. The molecule has 0 saturated heterocycles. The second kappa shape index (κ2) is 11.7. The van der Waals surface area contributed by atoms with Gasteiger partial charge in [0.05, 0.1) is 16.8 Å². The lowest BCUT2D eigenvalue weighted by Crippen LogP contribution is -2.11. The summed E-state index contributed by atoms with van der Waals surface area (Å²) in [5.41, 5.74) is 11.1. The van der Waals surface area contributed by atoms with Crippen molar-refractivity contribution in [1.29, 1.82) is 0 Å². The van der Waals surface area contributed by atoms with E-state index in [1.165, 1.54) is 21.7 Å². The molecule has 248 valence electrons. The summed E-state index contributed by atoms with van der Waals surface area (Å²) in [7, 11) is 0. The zero-order chi connectivity index (χ0) is 34.9. The van der Waals surface area contributed by atoms with Crippen LogP contribution in [0.25, 0.3) is 87.7 Å². The number of hydrogen-bond acceptors (Lipinski definition) is 3. The Morgan fingerprint density at radius 1 is 0.340 bits per heavy atom. The zero-order valence-electron chi connectivity index (χ0n) is 28.7. The van der Waals surface area contributed by atoms with Crippen molar-refractivity contribution in [1.82, 2.24) is 0 Å². The summed E-state index contributed by atoms with van der Waals surface area (Å²) in [4.78, 5) is 2.39. The predicted molar refractivity (Wildman–Crippen MR) is 222 cm³/mol. The molecule has 9 aromatic carbocycles. The lowest BCUT2D eigenvalue weighted by Gasteiger charge is -2.29. The Morgan fingerprint density at radius 2 is 0.943 bits per heavy atom. The molecule has 0 N–H and O–H groups in total. The molecule has 2 heterocycles. The average Bonchev–Trinajstić information content (AvgIpc) is 3.81. The van der Waals surface area contributed by atoms with Gasteiger partial charge in [-0.3, -0.25) is 0 Å². The number of para-hydroxylation sites is 3. The third kappa shape index (κ3) is 4.61. The van der Waals surface area contributed by atoms with Crippen LogP contribution in [-0.4, -0.2) is 0 Å². The first-order chi connectivity index (χ1) is 26.3. The van der Waals surface area contributed by atoms with Crippen molar-refractivity contribution in [3.05, 3.63) is 188 Å². The van der Waals surface area contributed by atoms with Crippen LogP contribution in [0.1, 0.15) is 0 Å². The summed E-state index contributed by atoms with van der Waals surface area (Å²) in [6.07, 6.45) is 0. The molecular formula is C50H31NO2. The van der Waals surface area contributed by atoms with Crippen molar-refractivity contribution in [2.24, 2.45) is 0 Å². The van der Waals surface area contributed by atoms with Crippen LogP contribution in [0.5, 0.6) is 0 Å². The Labute approximate surface area is 305 Å². The number of fused-ring (bicyclic) bond motifs is 9. The van der Waals surface area contributed by atoms with E-state index in [0.717, 1.165) is 83.0 Å². The van der Waals surface area contributed by atoms with Gasteiger partial charge in [0.15, 0.2) is 0 Å². The van der Waals surface area contributed by atoms with Crippen LogP contribution in [-0.2, 0) is 0 Å². The lowest BCUT2D eigenvalue weighted by atomic mass is 9.96. The average molecular weight is 678 g/mol. The normalized spacial score (nSPS) is 11.8. The number of rotatable bonds is 5. The van der Waals surface area contributed by atoms with E-state index < -0.39 is 0 Å². The Balaban J connectivity index is 1.20. The van der Waals surface area contributed by atoms with Gasteiger partial charge in [0.1, 0.15) is 22.3 Å². The molecule has 0 spiro atoms. The summed E-state index contributed by atoms with van der Waals surface area (Å²) in [6, 6.07) is 66.7. The second-order valence-electron chi connectivity index (χ2n) is 13.6. The standard InChI is InChI=1S/C50H31NO2/c1-3-18-36-32(13-1)15-10-22-37(36)34-16-9-17-35(31-34)51(45-26-12-28-47-48(45)43-21-6-8-27-46(43)52-47)44-25-7-5-20-39(44)40-23-11-24-41-42-30-29-33-14-2-4-19-38(33)49(42)53-50(40)41/h1-31H. The topological polar surface area (TPSA) is 29.5 Å². The van der Waals surface area contributed by atoms with Crippen LogP contribution in [0.2, 0.25) is 0 Å². The minimum absolute atomic E-state index is 0.850. The molecule has 53 heavy (non-hydrogen) atoms. The molecule has 0 aliphatic heterocycles. The number of benzene rings is 9. The molecule has 11 rings (SSSR count). The Morgan fingerprint density at radius 3 is 1.87 bits per heavy atom. The number of hydrogen-bond donors (Lipinski definition) is 0. The minimum Gasteiger partial charge on any atom is -0.456 e. The first-order valence-corrected chi connectivity index (χ1v) is 18.0. The largest absolute Gasteiger partial charge is 0.456 e. The fourth-order valence-corrected chi connectivity index (χ4v) is 8.27. The molecule has 3 heteroatoms. The maximum Gasteiger partial charge on any atom is 0.143 e. The van der Waals surface area contributed by atoms with Gasteiger partial charge in [0.2, 0.25) is 0 Å². The van der Waals surface area contributed by atoms with Gasteiger partial charge in [0, 0.05) is 38.4 Å². The fourth-order valence-electron chi connectivity index (χ4n) is 8.27. The third-order valence-corrected chi connectivity index (χ3v) is 10.7. The molecule has 0 radical (unpaired) electrons. The van der Waals surface area contributed by atoms with Crippen LogP contribution >= 0.6 is 0 Å². The molecule has 0 atom stereocenters. The van der Waals surface area contributed by atoms with Gasteiger partial charge in [-0.05, 0) is 69.8 Å². The van der Waals surface area contributed by atoms with Crippen LogP contribution < -0.4 is 4.90 Å². The molecule has 0 saturated carbocycles. The van der Waals surface area contributed by atoms with Gasteiger partial charge in [-0.15, -0.1) is 0 Å². The van der Waals surface area contributed by atoms with Crippen molar-refractivity contribution in [2.45, 2.75) is 0 Å². The van der Waals surface area contributed by atoms with E-state index in [4.69, 9.17) is 8.83 Å². The third-order valence-electron chi connectivity index (χ3n) is 10.7. The van der Waals surface area contributed by atoms with Gasteiger partial charge in [-0.2, -0.15) is 0 Å². The van der Waals surface area contributed by atoms with E-state index in [2.05, 4.69) is 181 Å². The molecule has 3 nitrogen and oxygen atoms in total. The highest BCUT2D eigenvalue weighted by atomic mass is 16.3. The lowest BCUT2D eigenvalue weighted by molar-refractivity contribution is 0.669. The second-order valence-corrected chi connectivity index (χ2v) is 13.6. The Hall–Kier alpha value is -7.10. The zero-order valence-corrected chi connectivity index (χ0v) is 28.7. The maximum absolute atomic E-state index is 6.90. The van der Waals surface area contributed by atoms with Crippen molar-refractivity contribution < 1.29 is 8.83 Å². The number of anilines is 3. The molecule has 2 aromatic heterocycles. The molecule has 0 fully saturated rings. The molecule has 0 amide bonds. The van der Waals surface area contributed by atoms with E-state index >= 15 is 0 Å². The van der Waals surface area contributed by atoms with Crippen molar-refractivity contribution in [2.75, 3.05) is 4.90 Å².